The number of nitrogens with one attached hydrogen (secondary N) is 1. The maximum absolute atomic E-state index is 12.5. The summed E-state index contributed by atoms with van der Waals surface area (Å²) in [7, 11) is 0. The molecule has 0 fully saturated rings. The van der Waals surface area contributed by atoms with E-state index in [1.807, 2.05) is 0 Å². The zero-order chi connectivity index (χ0) is 17.0. The van der Waals surface area contributed by atoms with E-state index < -0.39 is 16.9 Å². The second-order valence-corrected chi connectivity index (χ2v) is 5.28. The van der Waals surface area contributed by atoms with Crippen molar-refractivity contribution in [2.24, 2.45) is 5.92 Å². The summed E-state index contributed by atoms with van der Waals surface area (Å²) in [5.41, 5.74) is 0.406. The Morgan fingerprint density at radius 2 is 1.87 bits per heavy atom. The van der Waals surface area contributed by atoms with Crippen molar-refractivity contribution in [1.29, 1.82) is 0 Å². The van der Waals surface area contributed by atoms with E-state index in [-0.39, 0.29) is 23.0 Å². The largest absolute Gasteiger partial charge is 0.364 e. The van der Waals surface area contributed by atoms with Crippen molar-refractivity contribution in [2.75, 3.05) is 0 Å². The monoisotopic (exact) mass is 317 g/mol. The molecule has 0 radical (unpaired) electrons. The first-order valence-corrected chi connectivity index (χ1v) is 6.89. The van der Waals surface area contributed by atoms with Crippen LogP contribution in [0.25, 0.3) is 0 Å². The number of nitro groups is 1. The summed E-state index contributed by atoms with van der Waals surface area (Å²) < 4.78 is 4.60. The van der Waals surface area contributed by atoms with Crippen LogP contribution in [0.3, 0.4) is 0 Å². The van der Waals surface area contributed by atoms with Gasteiger partial charge in [-0.1, -0.05) is 19.0 Å². The van der Waals surface area contributed by atoms with Crippen LogP contribution in [0.2, 0.25) is 0 Å². The van der Waals surface area contributed by atoms with Gasteiger partial charge in [-0.05, 0) is 18.1 Å². The van der Waals surface area contributed by atoms with Crippen LogP contribution >= 0.6 is 0 Å². The summed E-state index contributed by atoms with van der Waals surface area (Å²) in [4.78, 5) is 34.7. The average molecular weight is 317 g/mol. The minimum absolute atomic E-state index is 0.101. The van der Waals surface area contributed by atoms with Crippen molar-refractivity contribution in [2.45, 2.75) is 19.9 Å². The molecule has 1 unspecified atom stereocenters. The molecule has 8 nitrogen and oxygen atoms in total. The van der Waals surface area contributed by atoms with Gasteiger partial charge in [0.1, 0.15) is 6.26 Å². The summed E-state index contributed by atoms with van der Waals surface area (Å²) >= 11 is 0. The maximum Gasteiger partial charge on any atom is 0.269 e. The summed E-state index contributed by atoms with van der Waals surface area (Å²) in [6.07, 6.45) is 2.44. The number of hydrogen-bond acceptors (Lipinski definition) is 6. The van der Waals surface area contributed by atoms with Crippen LogP contribution in [0.5, 0.6) is 0 Å². The first-order chi connectivity index (χ1) is 10.9. The Kier molecular flexibility index (Phi) is 4.85. The van der Waals surface area contributed by atoms with E-state index in [0.717, 1.165) is 0 Å². The van der Waals surface area contributed by atoms with E-state index in [0.29, 0.717) is 5.56 Å². The lowest BCUT2D eigenvalue weighted by Gasteiger charge is -2.20. The first-order valence-electron chi connectivity index (χ1n) is 6.89. The van der Waals surface area contributed by atoms with Crippen LogP contribution in [0.4, 0.5) is 5.69 Å². The first kappa shape index (κ1) is 16.3. The van der Waals surface area contributed by atoms with Crippen molar-refractivity contribution in [3.63, 3.8) is 0 Å². The number of ketones is 1. The van der Waals surface area contributed by atoms with Gasteiger partial charge in [-0.3, -0.25) is 19.7 Å². The molecular formula is C15H15N3O5. The number of benzene rings is 1. The van der Waals surface area contributed by atoms with E-state index >= 15 is 0 Å². The molecular weight excluding hydrogens is 302 g/mol. The van der Waals surface area contributed by atoms with E-state index in [1.54, 1.807) is 13.8 Å². The molecule has 1 aromatic carbocycles. The van der Waals surface area contributed by atoms with Gasteiger partial charge in [-0.2, -0.15) is 0 Å². The van der Waals surface area contributed by atoms with Gasteiger partial charge in [0.25, 0.3) is 11.6 Å². The maximum atomic E-state index is 12.5. The zero-order valence-electron chi connectivity index (χ0n) is 12.6. The smallest absolute Gasteiger partial charge is 0.269 e. The minimum atomic E-state index is -0.765. The van der Waals surface area contributed by atoms with E-state index in [9.17, 15) is 19.7 Å². The molecule has 0 bridgehead atoms. The van der Waals surface area contributed by atoms with E-state index in [4.69, 9.17) is 0 Å². The normalized spacial score (nSPS) is 12.0. The van der Waals surface area contributed by atoms with E-state index in [1.165, 1.54) is 36.7 Å². The SMILES string of the molecule is CC(C)C(NC(=O)c1cnoc1)C(=O)c1ccc([N+](=O)[O-])cc1. The number of nitro benzene ring substituents is 1. The zero-order valence-corrected chi connectivity index (χ0v) is 12.6. The van der Waals surface area contributed by atoms with Crippen molar-refractivity contribution in [3.8, 4) is 0 Å². The Labute approximate surface area is 131 Å². The molecule has 0 saturated carbocycles. The summed E-state index contributed by atoms with van der Waals surface area (Å²) in [6, 6.07) is 4.50. The van der Waals surface area contributed by atoms with Crippen molar-refractivity contribution in [3.05, 3.63) is 58.0 Å². The molecule has 1 N–H and O–H groups in total. The topological polar surface area (TPSA) is 115 Å². The Hall–Kier alpha value is -3.03. The fraction of sp³-hybridized carbons (Fsp3) is 0.267. The van der Waals surface area contributed by atoms with Crippen LogP contribution in [0, 0.1) is 16.0 Å². The van der Waals surface area contributed by atoms with Crippen LogP contribution in [-0.2, 0) is 0 Å². The predicted octanol–water partition coefficient (Wildman–Crippen LogP) is 2.22. The van der Waals surface area contributed by atoms with Crippen molar-refractivity contribution in [1.82, 2.24) is 10.5 Å². The predicted molar refractivity (Wildman–Crippen MR) is 80.0 cm³/mol. The number of amides is 1. The number of rotatable bonds is 6. The number of hydrogen-bond donors (Lipinski definition) is 1. The minimum Gasteiger partial charge on any atom is -0.364 e. The molecule has 0 saturated heterocycles. The quantitative estimate of drug-likeness (QED) is 0.496. The molecule has 1 atom stereocenters. The second kappa shape index (κ2) is 6.82. The Morgan fingerprint density at radius 1 is 1.22 bits per heavy atom. The summed E-state index contributed by atoms with van der Waals surface area (Å²) in [5.74, 6) is -0.957. The van der Waals surface area contributed by atoms with Gasteiger partial charge in [0, 0.05) is 17.7 Å². The molecule has 1 heterocycles. The highest BCUT2D eigenvalue weighted by Crippen LogP contribution is 2.16. The Balaban J connectivity index is 2.18. The van der Waals surface area contributed by atoms with Gasteiger partial charge in [-0.25, -0.2) is 0 Å². The Bertz CT molecular complexity index is 707. The van der Waals surface area contributed by atoms with Gasteiger partial charge in [0.2, 0.25) is 0 Å². The lowest BCUT2D eigenvalue weighted by Crippen LogP contribution is -2.44. The second-order valence-electron chi connectivity index (χ2n) is 5.28. The average Bonchev–Trinajstić information content (AvgIpc) is 3.06. The third kappa shape index (κ3) is 3.79. The number of nitrogens with zero attached hydrogens (tertiary/aromatic N) is 2. The van der Waals surface area contributed by atoms with Crippen LogP contribution < -0.4 is 5.32 Å². The fourth-order valence-electron chi connectivity index (χ4n) is 2.00. The molecule has 23 heavy (non-hydrogen) atoms. The van der Waals surface area contributed by atoms with Crippen molar-refractivity contribution >= 4 is 17.4 Å². The summed E-state index contributed by atoms with van der Waals surface area (Å²) in [6.45, 7) is 3.59. The van der Waals surface area contributed by atoms with Crippen molar-refractivity contribution < 1.29 is 19.0 Å². The highest BCUT2D eigenvalue weighted by atomic mass is 16.6. The molecule has 2 aromatic rings. The van der Waals surface area contributed by atoms with Gasteiger partial charge in [0.15, 0.2) is 5.78 Å². The molecule has 0 aliphatic carbocycles. The van der Waals surface area contributed by atoms with Gasteiger partial charge < -0.3 is 9.84 Å². The number of Topliss-reactive ketones (excluding diaryl/α,β-unsaturated/α-hetero) is 1. The number of carbonyl (C=O) groups excluding carboxylic acids is 2. The summed E-state index contributed by atoms with van der Waals surface area (Å²) in [5, 5.41) is 16.7. The van der Waals surface area contributed by atoms with Crippen LogP contribution in [0.15, 0.2) is 41.2 Å². The molecule has 1 amide bonds. The van der Waals surface area contributed by atoms with Crippen LogP contribution in [0.1, 0.15) is 34.6 Å². The van der Waals surface area contributed by atoms with E-state index in [2.05, 4.69) is 15.0 Å². The standard InChI is InChI=1S/C15H15N3O5/c1-9(2)13(17-15(20)11-7-16-23-8-11)14(19)10-3-5-12(6-4-10)18(21)22/h3-9,13H,1-2H3,(H,17,20). The third-order valence-electron chi connectivity index (χ3n) is 3.29. The highest BCUT2D eigenvalue weighted by molar-refractivity contribution is 6.04. The molecule has 1 aromatic heterocycles. The molecule has 2 rings (SSSR count). The molecule has 8 heteroatoms. The van der Waals surface area contributed by atoms with Gasteiger partial charge in [-0.15, -0.1) is 0 Å². The molecule has 0 aliphatic heterocycles. The van der Waals surface area contributed by atoms with Crippen LogP contribution in [-0.4, -0.2) is 27.8 Å². The number of carbonyl (C=O) groups is 2. The number of non-ortho nitro benzene ring substituents is 1. The lowest BCUT2D eigenvalue weighted by molar-refractivity contribution is -0.384. The fourth-order valence-corrected chi connectivity index (χ4v) is 2.00. The molecule has 120 valence electrons. The van der Waals surface area contributed by atoms with Gasteiger partial charge in [0.05, 0.1) is 22.7 Å². The third-order valence-corrected chi connectivity index (χ3v) is 3.29. The number of aromatic nitrogens is 1. The lowest BCUT2D eigenvalue weighted by atomic mass is 9.94. The molecule has 0 spiro atoms. The Morgan fingerprint density at radius 3 is 2.35 bits per heavy atom. The molecule has 0 aliphatic rings. The highest BCUT2D eigenvalue weighted by Gasteiger charge is 2.26. The van der Waals surface area contributed by atoms with Gasteiger partial charge >= 0.3 is 0 Å².